The number of carbonyl (C=O) groups excluding carboxylic acids is 1. The molecule has 0 spiro atoms. The number of amides is 2. The van der Waals surface area contributed by atoms with Crippen LogP contribution in [0.25, 0.3) is 0 Å². The molecule has 0 heterocycles. The summed E-state index contributed by atoms with van der Waals surface area (Å²) in [5.41, 5.74) is -0.452. The quantitative estimate of drug-likeness (QED) is 0.529. The Labute approximate surface area is 123 Å². The summed E-state index contributed by atoms with van der Waals surface area (Å²) in [5, 5.41) is 12.8. The van der Waals surface area contributed by atoms with Crippen LogP contribution in [0, 0.1) is 0 Å². The van der Waals surface area contributed by atoms with E-state index in [9.17, 15) is 9.59 Å². The molecule has 112 valence electrons. The molecule has 6 heteroatoms. The second kappa shape index (κ2) is 9.18. The van der Waals surface area contributed by atoms with E-state index in [-0.39, 0.29) is 5.91 Å². The average molecular weight is 337 g/mol. The first-order valence-corrected chi connectivity index (χ1v) is 7.74. The number of hydrogen-bond acceptors (Lipinski definition) is 2. The lowest BCUT2D eigenvalue weighted by Gasteiger charge is -2.33. The maximum absolute atomic E-state index is 11.5. The maximum atomic E-state index is 11.5. The second-order valence-electron chi connectivity index (χ2n) is 5.45. The van der Waals surface area contributed by atoms with E-state index in [4.69, 9.17) is 5.11 Å². The van der Waals surface area contributed by atoms with Gasteiger partial charge < -0.3 is 15.3 Å². The summed E-state index contributed by atoms with van der Waals surface area (Å²) in [6.45, 7) is 6.18. The Morgan fingerprint density at radius 2 is 1.84 bits per heavy atom. The number of carbonyl (C=O) groups is 2. The first-order valence-electron chi connectivity index (χ1n) is 6.62. The summed E-state index contributed by atoms with van der Waals surface area (Å²) >= 11 is 3.34. The Balaban J connectivity index is 3.87. The van der Waals surface area contributed by atoms with Crippen molar-refractivity contribution in [3.63, 3.8) is 0 Å². The van der Waals surface area contributed by atoms with Gasteiger partial charge in [0.2, 0.25) is 5.91 Å². The number of hydrogen-bond donors (Lipinski definition) is 2. The number of carboxylic acid groups (broad SMARTS) is 1. The van der Waals surface area contributed by atoms with Crippen molar-refractivity contribution in [3.05, 3.63) is 0 Å². The van der Waals surface area contributed by atoms with Gasteiger partial charge in [-0.3, -0.25) is 4.79 Å². The van der Waals surface area contributed by atoms with Crippen LogP contribution in [-0.2, 0) is 4.79 Å². The van der Waals surface area contributed by atoms with Gasteiger partial charge in [-0.2, -0.15) is 0 Å². The molecule has 0 aliphatic rings. The van der Waals surface area contributed by atoms with Crippen LogP contribution in [0.15, 0.2) is 0 Å². The fourth-order valence-corrected chi connectivity index (χ4v) is 2.07. The SMILES string of the molecule is CC(C)(C)N(CCNC(=O)CCCCCBr)C(=O)O. The summed E-state index contributed by atoms with van der Waals surface area (Å²) < 4.78 is 0. The molecule has 19 heavy (non-hydrogen) atoms. The van der Waals surface area contributed by atoms with Crippen molar-refractivity contribution in [2.24, 2.45) is 0 Å². The smallest absolute Gasteiger partial charge is 0.407 e. The summed E-state index contributed by atoms with van der Waals surface area (Å²) in [4.78, 5) is 23.9. The first-order chi connectivity index (χ1) is 8.79. The summed E-state index contributed by atoms with van der Waals surface area (Å²) in [7, 11) is 0. The molecule has 0 aromatic heterocycles. The third-order valence-corrected chi connectivity index (χ3v) is 3.30. The molecule has 0 aliphatic carbocycles. The second-order valence-corrected chi connectivity index (χ2v) is 6.25. The summed E-state index contributed by atoms with van der Waals surface area (Å²) in [6.07, 6.45) is 2.53. The van der Waals surface area contributed by atoms with Gasteiger partial charge in [-0.15, -0.1) is 0 Å². The maximum Gasteiger partial charge on any atom is 0.407 e. The molecular formula is C13H25BrN2O3. The van der Waals surface area contributed by atoms with Gasteiger partial charge in [0, 0.05) is 30.4 Å². The van der Waals surface area contributed by atoms with E-state index < -0.39 is 11.6 Å². The number of nitrogens with zero attached hydrogens (tertiary/aromatic N) is 1. The van der Waals surface area contributed by atoms with Crippen LogP contribution in [0.4, 0.5) is 4.79 Å². The number of rotatable bonds is 8. The largest absolute Gasteiger partial charge is 0.465 e. The van der Waals surface area contributed by atoms with Gasteiger partial charge in [-0.25, -0.2) is 4.79 Å². The van der Waals surface area contributed by atoms with Gasteiger partial charge in [0.1, 0.15) is 0 Å². The predicted octanol–water partition coefficient (Wildman–Crippen LogP) is 2.84. The number of halogens is 1. The van der Waals surface area contributed by atoms with Crippen LogP contribution in [0.2, 0.25) is 0 Å². The standard InChI is InChI=1S/C13H25BrN2O3/c1-13(2,3)16(12(18)19)10-9-15-11(17)7-5-4-6-8-14/h4-10H2,1-3H3,(H,15,17)(H,18,19). The van der Waals surface area contributed by atoms with Crippen molar-refractivity contribution in [2.75, 3.05) is 18.4 Å². The van der Waals surface area contributed by atoms with Crippen LogP contribution < -0.4 is 5.32 Å². The molecule has 5 nitrogen and oxygen atoms in total. The van der Waals surface area contributed by atoms with Crippen LogP contribution in [-0.4, -0.2) is 46.0 Å². The normalized spacial score (nSPS) is 11.2. The van der Waals surface area contributed by atoms with Gasteiger partial charge in [0.05, 0.1) is 0 Å². The minimum Gasteiger partial charge on any atom is -0.465 e. The highest BCUT2D eigenvalue weighted by atomic mass is 79.9. The third kappa shape index (κ3) is 8.86. The molecule has 2 amide bonds. The molecule has 0 atom stereocenters. The lowest BCUT2D eigenvalue weighted by molar-refractivity contribution is -0.121. The van der Waals surface area contributed by atoms with E-state index in [1.165, 1.54) is 4.90 Å². The molecule has 0 rings (SSSR count). The monoisotopic (exact) mass is 336 g/mol. The Hall–Kier alpha value is -0.780. The van der Waals surface area contributed by atoms with Crippen LogP contribution in [0.5, 0.6) is 0 Å². The van der Waals surface area contributed by atoms with Crippen LogP contribution in [0.3, 0.4) is 0 Å². The van der Waals surface area contributed by atoms with Crippen molar-refractivity contribution < 1.29 is 14.7 Å². The number of unbranched alkanes of at least 4 members (excludes halogenated alkanes) is 2. The summed E-state index contributed by atoms with van der Waals surface area (Å²) in [5.74, 6) is -0.00572. The minimum atomic E-state index is -0.959. The fourth-order valence-electron chi connectivity index (χ4n) is 1.67. The van der Waals surface area contributed by atoms with Gasteiger partial charge in [0.15, 0.2) is 0 Å². The fraction of sp³-hybridized carbons (Fsp3) is 0.846. The highest BCUT2D eigenvalue weighted by Crippen LogP contribution is 2.12. The Kier molecular flexibility index (Phi) is 8.80. The zero-order valence-electron chi connectivity index (χ0n) is 12.0. The van der Waals surface area contributed by atoms with Gasteiger partial charge in [-0.1, -0.05) is 22.4 Å². The molecule has 0 bridgehead atoms. The number of nitrogens with one attached hydrogen (secondary N) is 1. The van der Waals surface area contributed by atoms with Crippen molar-refractivity contribution in [3.8, 4) is 0 Å². The van der Waals surface area contributed by atoms with Crippen LogP contribution >= 0.6 is 15.9 Å². The van der Waals surface area contributed by atoms with Crippen molar-refractivity contribution in [1.29, 1.82) is 0 Å². The first kappa shape index (κ1) is 18.2. The Morgan fingerprint density at radius 3 is 2.32 bits per heavy atom. The lowest BCUT2D eigenvalue weighted by Crippen LogP contribution is -2.48. The van der Waals surface area contributed by atoms with E-state index in [2.05, 4.69) is 21.2 Å². The molecule has 0 aromatic rings. The highest BCUT2D eigenvalue weighted by Gasteiger charge is 2.25. The van der Waals surface area contributed by atoms with E-state index in [0.717, 1.165) is 24.6 Å². The minimum absolute atomic E-state index is 0.00572. The molecule has 0 unspecified atom stereocenters. The van der Waals surface area contributed by atoms with Crippen LogP contribution in [0.1, 0.15) is 46.5 Å². The average Bonchev–Trinajstić information content (AvgIpc) is 2.28. The lowest BCUT2D eigenvalue weighted by atomic mass is 10.1. The summed E-state index contributed by atoms with van der Waals surface area (Å²) in [6, 6.07) is 0. The predicted molar refractivity (Wildman–Crippen MR) is 79.8 cm³/mol. The van der Waals surface area contributed by atoms with Gasteiger partial charge in [0.25, 0.3) is 0 Å². The van der Waals surface area contributed by atoms with Gasteiger partial charge in [-0.05, 0) is 33.6 Å². The molecule has 2 N–H and O–H groups in total. The number of alkyl halides is 1. The van der Waals surface area contributed by atoms with E-state index >= 15 is 0 Å². The highest BCUT2D eigenvalue weighted by molar-refractivity contribution is 9.09. The molecule has 0 aromatic carbocycles. The van der Waals surface area contributed by atoms with Crippen molar-refractivity contribution >= 4 is 27.9 Å². The molecular weight excluding hydrogens is 312 g/mol. The van der Waals surface area contributed by atoms with E-state index in [0.29, 0.717) is 19.5 Å². The zero-order chi connectivity index (χ0) is 14.9. The molecule has 0 saturated carbocycles. The molecule has 0 radical (unpaired) electrons. The third-order valence-electron chi connectivity index (χ3n) is 2.74. The Bertz CT molecular complexity index is 290. The Morgan fingerprint density at radius 1 is 1.21 bits per heavy atom. The van der Waals surface area contributed by atoms with Crippen molar-refractivity contribution in [2.45, 2.75) is 52.0 Å². The molecule has 0 fully saturated rings. The topological polar surface area (TPSA) is 69.6 Å². The van der Waals surface area contributed by atoms with E-state index in [1.54, 1.807) is 0 Å². The van der Waals surface area contributed by atoms with Crippen molar-refractivity contribution in [1.82, 2.24) is 10.2 Å². The molecule has 0 aliphatic heterocycles. The van der Waals surface area contributed by atoms with E-state index in [1.807, 2.05) is 20.8 Å². The van der Waals surface area contributed by atoms with Gasteiger partial charge >= 0.3 is 6.09 Å². The molecule has 0 saturated heterocycles. The zero-order valence-corrected chi connectivity index (χ0v) is 13.6.